The molecule has 0 spiro atoms. The first kappa shape index (κ1) is 14.3. The Labute approximate surface area is 129 Å². The van der Waals surface area contributed by atoms with Gasteiger partial charge in [0.2, 0.25) is 0 Å². The van der Waals surface area contributed by atoms with Crippen molar-refractivity contribution < 1.29 is 8.78 Å². The maximum atomic E-state index is 14.2. The van der Waals surface area contributed by atoms with Gasteiger partial charge >= 0.3 is 0 Å². The molecular formula is C15H10Cl2F2N2. The molecule has 0 radical (unpaired) electrons. The number of alkyl halides is 1. The quantitative estimate of drug-likeness (QED) is 0.587. The lowest BCUT2D eigenvalue weighted by atomic mass is 10.2. The summed E-state index contributed by atoms with van der Waals surface area (Å²) in [6.45, 7) is 1.73. The SMILES string of the molecule is CC(Cl)c1nc2ccc(F)c(F)c2n1-c1ccc(Cl)cc1. The second kappa shape index (κ2) is 5.28. The van der Waals surface area contributed by atoms with Crippen molar-refractivity contribution in [2.24, 2.45) is 0 Å². The Kier molecular flexibility index (Phi) is 3.59. The topological polar surface area (TPSA) is 17.8 Å². The molecule has 2 nitrogen and oxygen atoms in total. The number of halogens is 4. The smallest absolute Gasteiger partial charge is 0.185 e. The summed E-state index contributed by atoms with van der Waals surface area (Å²) in [5.74, 6) is -1.43. The van der Waals surface area contributed by atoms with Crippen LogP contribution in [0.1, 0.15) is 18.1 Å². The molecule has 1 heterocycles. The minimum Gasteiger partial charge on any atom is -0.292 e. The highest BCUT2D eigenvalue weighted by Crippen LogP contribution is 2.30. The third-order valence-corrected chi connectivity index (χ3v) is 3.62. The highest BCUT2D eigenvalue weighted by molar-refractivity contribution is 6.30. The second-order valence-electron chi connectivity index (χ2n) is 4.63. The third-order valence-electron chi connectivity index (χ3n) is 3.18. The van der Waals surface area contributed by atoms with Gasteiger partial charge in [-0.05, 0) is 43.3 Å². The summed E-state index contributed by atoms with van der Waals surface area (Å²) >= 11 is 12.0. The van der Waals surface area contributed by atoms with E-state index < -0.39 is 17.0 Å². The molecule has 6 heteroatoms. The van der Waals surface area contributed by atoms with Gasteiger partial charge in [-0.25, -0.2) is 13.8 Å². The van der Waals surface area contributed by atoms with Gasteiger partial charge in [-0.2, -0.15) is 0 Å². The molecule has 0 bridgehead atoms. The molecule has 0 saturated heterocycles. The molecule has 0 amide bonds. The highest BCUT2D eigenvalue weighted by atomic mass is 35.5. The van der Waals surface area contributed by atoms with Gasteiger partial charge in [-0.15, -0.1) is 11.6 Å². The maximum Gasteiger partial charge on any atom is 0.185 e. The fourth-order valence-corrected chi connectivity index (χ4v) is 2.51. The van der Waals surface area contributed by atoms with Crippen LogP contribution in [-0.4, -0.2) is 9.55 Å². The average Bonchev–Trinajstić information content (AvgIpc) is 2.84. The van der Waals surface area contributed by atoms with Crippen molar-refractivity contribution >= 4 is 34.2 Å². The molecule has 1 aromatic heterocycles. The maximum absolute atomic E-state index is 14.2. The Hall–Kier alpha value is -1.65. The van der Waals surface area contributed by atoms with Gasteiger partial charge in [-0.3, -0.25) is 4.57 Å². The van der Waals surface area contributed by atoms with E-state index in [1.165, 1.54) is 10.6 Å². The molecule has 108 valence electrons. The van der Waals surface area contributed by atoms with E-state index in [4.69, 9.17) is 23.2 Å². The zero-order valence-corrected chi connectivity index (χ0v) is 12.5. The summed E-state index contributed by atoms with van der Waals surface area (Å²) in [6.07, 6.45) is 0. The van der Waals surface area contributed by atoms with E-state index in [-0.39, 0.29) is 5.52 Å². The van der Waals surface area contributed by atoms with Crippen LogP contribution in [0.3, 0.4) is 0 Å². The average molecular weight is 327 g/mol. The number of aromatic nitrogens is 2. The predicted octanol–water partition coefficient (Wildman–Crippen LogP) is 5.26. The molecule has 0 saturated carbocycles. The monoisotopic (exact) mass is 326 g/mol. The molecule has 3 aromatic rings. The summed E-state index contributed by atoms with van der Waals surface area (Å²) in [4.78, 5) is 4.30. The van der Waals surface area contributed by atoms with Crippen LogP contribution in [-0.2, 0) is 0 Å². The van der Waals surface area contributed by atoms with Crippen LogP contribution in [0.4, 0.5) is 8.78 Å². The Morgan fingerprint density at radius 1 is 1.10 bits per heavy atom. The van der Waals surface area contributed by atoms with Crippen molar-refractivity contribution in [3.8, 4) is 5.69 Å². The van der Waals surface area contributed by atoms with E-state index in [0.29, 0.717) is 22.1 Å². The molecule has 21 heavy (non-hydrogen) atoms. The molecule has 0 aliphatic rings. The van der Waals surface area contributed by atoms with Gasteiger partial charge in [0.15, 0.2) is 11.6 Å². The number of fused-ring (bicyclic) bond motifs is 1. The lowest BCUT2D eigenvalue weighted by Gasteiger charge is -2.11. The number of nitrogens with zero attached hydrogens (tertiary/aromatic N) is 2. The van der Waals surface area contributed by atoms with Crippen molar-refractivity contribution in [2.45, 2.75) is 12.3 Å². The largest absolute Gasteiger partial charge is 0.292 e. The number of benzene rings is 2. The molecule has 0 aliphatic heterocycles. The van der Waals surface area contributed by atoms with E-state index in [0.717, 1.165) is 6.07 Å². The van der Waals surface area contributed by atoms with E-state index in [2.05, 4.69) is 4.98 Å². The minimum absolute atomic E-state index is 0.0693. The lowest BCUT2D eigenvalue weighted by molar-refractivity contribution is 0.514. The molecule has 1 atom stereocenters. The van der Waals surface area contributed by atoms with Crippen molar-refractivity contribution in [3.05, 3.63) is 58.9 Å². The first-order valence-electron chi connectivity index (χ1n) is 6.25. The van der Waals surface area contributed by atoms with Crippen LogP contribution < -0.4 is 0 Å². The first-order chi connectivity index (χ1) is 9.99. The summed E-state index contributed by atoms with van der Waals surface area (Å²) in [7, 11) is 0. The molecule has 0 fully saturated rings. The van der Waals surface area contributed by atoms with Crippen molar-refractivity contribution in [2.75, 3.05) is 0 Å². The Balaban J connectivity index is 2.40. The van der Waals surface area contributed by atoms with E-state index >= 15 is 0 Å². The number of hydrogen-bond donors (Lipinski definition) is 0. The van der Waals surface area contributed by atoms with Crippen molar-refractivity contribution in [3.63, 3.8) is 0 Å². The van der Waals surface area contributed by atoms with E-state index in [1.54, 1.807) is 31.2 Å². The van der Waals surface area contributed by atoms with Gasteiger partial charge in [0.1, 0.15) is 11.3 Å². The van der Waals surface area contributed by atoms with Crippen LogP contribution in [0.5, 0.6) is 0 Å². The zero-order valence-electron chi connectivity index (χ0n) is 10.9. The summed E-state index contributed by atoms with van der Waals surface area (Å²) in [5, 5.41) is 0.0887. The highest BCUT2D eigenvalue weighted by Gasteiger charge is 2.21. The van der Waals surface area contributed by atoms with Gasteiger partial charge in [0.25, 0.3) is 0 Å². The van der Waals surface area contributed by atoms with Crippen LogP contribution in [0.25, 0.3) is 16.7 Å². The standard InChI is InChI=1S/C15H10Cl2F2N2/c1-8(16)15-20-12-7-6-11(18)13(19)14(12)21(15)10-4-2-9(17)3-5-10/h2-8H,1H3. The van der Waals surface area contributed by atoms with Crippen LogP contribution in [0.15, 0.2) is 36.4 Å². The predicted molar refractivity (Wildman–Crippen MR) is 80.3 cm³/mol. The normalized spacial score (nSPS) is 12.8. The van der Waals surface area contributed by atoms with Gasteiger partial charge in [0.05, 0.1) is 10.9 Å². The number of hydrogen-bond acceptors (Lipinski definition) is 1. The lowest BCUT2D eigenvalue weighted by Crippen LogP contribution is -2.03. The molecular weight excluding hydrogens is 317 g/mol. The molecule has 3 rings (SSSR count). The minimum atomic E-state index is -0.946. The Morgan fingerprint density at radius 2 is 1.76 bits per heavy atom. The third kappa shape index (κ3) is 2.39. The Bertz CT molecular complexity index is 811. The van der Waals surface area contributed by atoms with Gasteiger partial charge < -0.3 is 0 Å². The zero-order chi connectivity index (χ0) is 15.1. The molecule has 0 aliphatic carbocycles. The summed E-state index contributed by atoms with van der Waals surface area (Å²) < 4.78 is 29.3. The van der Waals surface area contributed by atoms with Gasteiger partial charge in [0, 0.05) is 10.7 Å². The first-order valence-corrected chi connectivity index (χ1v) is 7.07. The summed E-state index contributed by atoms with van der Waals surface area (Å²) in [5.41, 5.74) is 1.04. The van der Waals surface area contributed by atoms with Gasteiger partial charge in [-0.1, -0.05) is 11.6 Å². The van der Waals surface area contributed by atoms with Crippen LogP contribution in [0.2, 0.25) is 5.02 Å². The number of imidazole rings is 1. The fourth-order valence-electron chi connectivity index (χ4n) is 2.24. The fraction of sp³-hybridized carbons (Fsp3) is 0.133. The molecule has 0 N–H and O–H groups in total. The summed E-state index contributed by atoms with van der Waals surface area (Å²) in [6, 6.07) is 9.24. The van der Waals surface area contributed by atoms with Crippen LogP contribution in [0, 0.1) is 11.6 Å². The van der Waals surface area contributed by atoms with Crippen LogP contribution >= 0.6 is 23.2 Å². The Morgan fingerprint density at radius 3 is 2.38 bits per heavy atom. The van der Waals surface area contributed by atoms with Crippen molar-refractivity contribution in [1.29, 1.82) is 0 Å². The molecule has 2 aromatic carbocycles. The van der Waals surface area contributed by atoms with E-state index in [1.807, 2.05) is 0 Å². The van der Waals surface area contributed by atoms with Crippen molar-refractivity contribution in [1.82, 2.24) is 9.55 Å². The number of rotatable bonds is 2. The second-order valence-corrected chi connectivity index (χ2v) is 5.72. The molecule has 1 unspecified atom stereocenters. The van der Waals surface area contributed by atoms with E-state index in [9.17, 15) is 8.78 Å².